The van der Waals surface area contributed by atoms with Crippen LogP contribution in [0.15, 0.2) is 53.4 Å². The smallest absolute Gasteiger partial charge is 0.228 e. The number of hydrogen-bond donors (Lipinski definition) is 1. The summed E-state index contributed by atoms with van der Waals surface area (Å²) in [5, 5.41) is 2.89. The van der Waals surface area contributed by atoms with Crippen molar-refractivity contribution in [2.75, 3.05) is 11.1 Å². The summed E-state index contributed by atoms with van der Waals surface area (Å²) in [6.45, 7) is 5.86. The highest BCUT2D eigenvalue weighted by Gasteiger charge is 2.19. The van der Waals surface area contributed by atoms with Gasteiger partial charge in [0.1, 0.15) is 6.29 Å². The summed E-state index contributed by atoms with van der Waals surface area (Å²) < 4.78 is 0. The molecule has 3 nitrogen and oxygen atoms in total. The number of thioether (sulfide) groups is 1. The lowest BCUT2D eigenvalue weighted by molar-refractivity contribution is -0.115. The van der Waals surface area contributed by atoms with E-state index in [1.807, 2.05) is 62.4 Å². The van der Waals surface area contributed by atoms with Crippen LogP contribution in [0.2, 0.25) is 0 Å². The van der Waals surface area contributed by atoms with Gasteiger partial charge >= 0.3 is 0 Å². The van der Waals surface area contributed by atoms with E-state index in [2.05, 4.69) is 12.2 Å². The van der Waals surface area contributed by atoms with Crippen LogP contribution in [0, 0.1) is 0 Å². The Morgan fingerprint density at radius 2 is 1.71 bits per heavy atom. The Morgan fingerprint density at radius 3 is 2.25 bits per heavy atom. The lowest BCUT2D eigenvalue weighted by Crippen LogP contribution is -2.19. The molecule has 4 heteroatoms. The normalized spacial score (nSPS) is 11.1. The molecule has 1 N–H and O–H groups in total. The molecule has 0 aromatic heterocycles. The minimum absolute atomic E-state index is 0.0479. The minimum atomic E-state index is -0.513. The molecule has 2 rings (SSSR count). The maximum atomic E-state index is 12.2. The van der Waals surface area contributed by atoms with E-state index in [0.29, 0.717) is 6.42 Å². The number of hydrogen-bond acceptors (Lipinski definition) is 3. The third-order valence-electron chi connectivity index (χ3n) is 3.81. The predicted molar refractivity (Wildman–Crippen MR) is 101 cm³/mol. The summed E-state index contributed by atoms with van der Waals surface area (Å²) in [5.41, 5.74) is 2.15. The third kappa shape index (κ3) is 4.96. The van der Waals surface area contributed by atoms with Crippen LogP contribution in [0.4, 0.5) is 5.69 Å². The first-order valence-corrected chi connectivity index (χ1v) is 9.01. The van der Waals surface area contributed by atoms with E-state index in [9.17, 15) is 9.59 Å². The number of aldehydes is 1. The highest BCUT2D eigenvalue weighted by molar-refractivity contribution is 7.99. The van der Waals surface area contributed by atoms with Gasteiger partial charge < -0.3 is 10.1 Å². The number of carbonyl (C=O) groups is 2. The van der Waals surface area contributed by atoms with Crippen molar-refractivity contribution in [2.24, 2.45) is 0 Å². The second kappa shape index (κ2) is 8.15. The second-order valence-corrected chi connectivity index (χ2v) is 7.56. The van der Waals surface area contributed by atoms with Crippen molar-refractivity contribution in [3.63, 3.8) is 0 Å². The lowest BCUT2D eigenvalue weighted by Gasteiger charge is -2.17. The molecule has 0 aliphatic heterocycles. The van der Waals surface area contributed by atoms with Crippen LogP contribution in [0.25, 0.3) is 0 Å². The summed E-state index contributed by atoms with van der Waals surface area (Å²) in [4.78, 5) is 24.5. The van der Waals surface area contributed by atoms with Crippen molar-refractivity contribution in [3.05, 3.63) is 59.7 Å². The van der Waals surface area contributed by atoms with Crippen LogP contribution in [-0.2, 0) is 21.4 Å². The molecule has 0 atom stereocenters. The van der Waals surface area contributed by atoms with E-state index < -0.39 is 5.41 Å². The Kier molecular flexibility index (Phi) is 6.21. The van der Waals surface area contributed by atoms with Crippen molar-refractivity contribution >= 4 is 29.6 Å². The highest BCUT2D eigenvalue weighted by atomic mass is 32.2. The molecule has 0 bridgehead atoms. The van der Waals surface area contributed by atoms with Crippen molar-refractivity contribution in [3.8, 4) is 0 Å². The largest absolute Gasteiger partial charge is 0.326 e. The van der Waals surface area contributed by atoms with Crippen molar-refractivity contribution in [2.45, 2.75) is 37.5 Å². The average Bonchev–Trinajstić information content (AvgIpc) is 2.57. The molecular formula is C20H23NO2S. The third-order valence-corrected chi connectivity index (χ3v) is 4.70. The van der Waals surface area contributed by atoms with E-state index >= 15 is 0 Å². The van der Waals surface area contributed by atoms with E-state index in [-0.39, 0.29) is 5.91 Å². The molecule has 2 aromatic rings. The molecule has 0 aliphatic carbocycles. The molecule has 0 spiro atoms. The lowest BCUT2D eigenvalue weighted by atomic mass is 9.86. The number of nitrogens with one attached hydrogen (secondary N) is 1. The zero-order valence-corrected chi connectivity index (χ0v) is 15.2. The van der Waals surface area contributed by atoms with Crippen LogP contribution in [0.3, 0.4) is 0 Å². The van der Waals surface area contributed by atoms with Crippen LogP contribution < -0.4 is 5.32 Å². The number of carbonyl (C=O) groups excluding carboxylic acids is 2. The molecule has 0 radical (unpaired) electrons. The van der Waals surface area contributed by atoms with E-state index in [1.165, 1.54) is 4.90 Å². The van der Waals surface area contributed by atoms with Crippen molar-refractivity contribution in [1.82, 2.24) is 0 Å². The molecule has 126 valence electrons. The van der Waals surface area contributed by atoms with Gasteiger partial charge in [0.2, 0.25) is 5.91 Å². The van der Waals surface area contributed by atoms with Gasteiger partial charge in [-0.2, -0.15) is 0 Å². The second-order valence-electron chi connectivity index (χ2n) is 6.22. The molecule has 2 aromatic carbocycles. The molecule has 0 saturated heterocycles. The first-order chi connectivity index (χ1) is 11.4. The molecule has 24 heavy (non-hydrogen) atoms. The SMILES string of the molecule is CCSc1ccc(CC(=O)Nc2ccc(C(C)(C)C=O)cc2)cc1. The van der Waals surface area contributed by atoms with Gasteiger partial charge in [-0.25, -0.2) is 0 Å². The van der Waals surface area contributed by atoms with Crippen molar-refractivity contribution in [1.29, 1.82) is 0 Å². The van der Waals surface area contributed by atoms with Gasteiger partial charge in [0.25, 0.3) is 0 Å². The number of benzene rings is 2. The first kappa shape index (κ1) is 18.3. The highest BCUT2D eigenvalue weighted by Crippen LogP contribution is 2.22. The Labute approximate surface area is 147 Å². The summed E-state index contributed by atoms with van der Waals surface area (Å²) >= 11 is 1.79. The number of anilines is 1. The van der Waals surface area contributed by atoms with E-state index in [0.717, 1.165) is 28.9 Å². The molecular weight excluding hydrogens is 318 g/mol. The maximum absolute atomic E-state index is 12.2. The topological polar surface area (TPSA) is 46.2 Å². The van der Waals surface area contributed by atoms with Gasteiger partial charge in [-0.1, -0.05) is 31.2 Å². The zero-order chi connectivity index (χ0) is 17.6. The predicted octanol–water partition coefficient (Wildman–Crippen LogP) is 4.46. The van der Waals surface area contributed by atoms with Gasteiger partial charge in [0, 0.05) is 16.0 Å². The Balaban J connectivity index is 1.95. The van der Waals surface area contributed by atoms with Crippen molar-refractivity contribution < 1.29 is 9.59 Å². The standard InChI is InChI=1S/C20H23NO2S/c1-4-24-18-11-5-15(6-12-18)13-19(23)21-17-9-7-16(8-10-17)20(2,3)14-22/h5-12,14H,4,13H2,1-3H3,(H,21,23). The number of amides is 1. The summed E-state index contributed by atoms with van der Waals surface area (Å²) in [6.07, 6.45) is 1.28. The maximum Gasteiger partial charge on any atom is 0.228 e. The van der Waals surface area contributed by atoms with E-state index in [1.54, 1.807) is 11.8 Å². The Bertz CT molecular complexity index is 691. The molecule has 1 amide bonds. The van der Waals surface area contributed by atoms with Crippen LogP contribution in [0.5, 0.6) is 0 Å². The fraction of sp³-hybridized carbons (Fsp3) is 0.300. The molecule has 0 saturated carbocycles. The Hall–Kier alpha value is -2.07. The summed E-state index contributed by atoms with van der Waals surface area (Å²) in [7, 11) is 0. The summed E-state index contributed by atoms with van der Waals surface area (Å²) in [5.74, 6) is 0.991. The Morgan fingerprint density at radius 1 is 1.08 bits per heavy atom. The van der Waals surface area contributed by atoms with Gasteiger partial charge in [-0.05, 0) is 55.0 Å². The van der Waals surface area contributed by atoms with Crippen LogP contribution in [0.1, 0.15) is 31.9 Å². The van der Waals surface area contributed by atoms with Gasteiger partial charge in [0.15, 0.2) is 0 Å². The minimum Gasteiger partial charge on any atom is -0.326 e. The monoisotopic (exact) mass is 341 g/mol. The van der Waals surface area contributed by atoms with Gasteiger partial charge in [-0.15, -0.1) is 11.8 Å². The molecule has 0 unspecified atom stereocenters. The molecule has 0 heterocycles. The van der Waals surface area contributed by atoms with Crippen LogP contribution >= 0.6 is 11.8 Å². The quantitative estimate of drug-likeness (QED) is 0.597. The van der Waals surface area contributed by atoms with E-state index in [4.69, 9.17) is 0 Å². The fourth-order valence-electron chi connectivity index (χ4n) is 2.31. The zero-order valence-electron chi connectivity index (χ0n) is 14.3. The van der Waals surface area contributed by atoms with Gasteiger partial charge in [0.05, 0.1) is 6.42 Å². The molecule has 0 aliphatic rings. The van der Waals surface area contributed by atoms with Gasteiger partial charge in [-0.3, -0.25) is 4.79 Å². The first-order valence-electron chi connectivity index (χ1n) is 8.03. The van der Waals surface area contributed by atoms with Crippen LogP contribution in [-0.4, -0.2) is 17.9 Å². The fourth-order valence-corrected chi connectivity index (χ4v) is 2.97. The molecule has 0 fully saturated rings. The summed E-state index contributed by atoms with van der Waals surface area (Å²) in [6, 6.07) is 15.5. The number of rotatable bonds is 7. The average molecular weight is 341 g/mol.